The number of aryl methyl sites for hydroxylation is 1. The van der Waals surface area contributed by atoms with Crippen LogP contribution >= 0.6 is 11.3 Å². The standard InChI is InChI=1S/C18H23N3O2S/c1-11-7-8-15(24-11)13-9-14(13)18-20-16(21-23-18)10-17(22)19-12-5-3-2-4-6-12/h7-8,12-14H,2-6,9-10H2,1H3,(H,19,22). The van der Waals surface area contributed by atoms with Gasteiger partial charge in [0, 0.05) is 27.6 Å². The number of thiophene rings is 1. The number of amides is 1. The monoisotopic (exact) mass is 345 g/mol. The van der Waals surface area contributed by atoms with E-state index in [9.17, 15) is 4.79 Å². The third-order valence-corrected chi connectivity index (χ3v) is 6.14. The minimum atomic E-state index is 0.00970. The maximum absolute atomic E-state index is 12.1. The van der Waals surface area contributed by atoms with E-state index in [-0.39, 0.29) is 12.3 Å². The molecule has 2 aliphatic carbocycles. The molecule has 2 atom stereocenters. The molecule has 5 nitrogen and oxygen atoms in total. The molecule has 0 aromatic carbocycles. The number of carbonyl (C=O) groups excluding carboxylic acids is 1. The van der Waals surface area contributed by atoms with Crippen molar-refractivity contribution >= 4 is 17.2 Å². The maximum Gasteiger partial charge on any atom is 0.230 e. The number of nitrogens with one attached hydrogen (secondary N) is 1. The number of hydrogen-bond donors (Lipinski definition) is 1. The second-order valence-corrected chi connectivity index (χ2v) is 8.34. The summed E-state index contributed by atoms with van der Waals surface area (Å²) >= 11 is 1.84. The summed E-state index contributed by atoms with van der Waals surface area (Å²) in [6.45, 7) is 2.13. The van der Waals surface area contributed by atoms with Gasteiger partial charge in [-0.1, -0.05) is 24.4 Å². The molecule has 2 aliphatic rings. The van der Waals surface area contributed by atoms with Crippen molar-refractivity contribution in [3.63, 3.8) is 0 Å². The lowest BCUT2D eigenvalue weighted by Gasteiger charge is -2.22. The SMILES string of the molecule is Cc1ccc(C2CC2c2nc(CC(=O)NC3CCCCC3)no2)s1. The largest absolute Gasteiger partial charge is 0.353 e. The summed E-state index contributed by atoms with van der Waals surface area (Å²) in [5.41, 5.74) is 0. The third-order valence-electron chi connectivity index (χ3n) is 5.01. The zero-order valence-electron chi connectivity index (χ0n) is 14.0. The molecule has 2 heterocycles. The van der Waals surface area contributed by atoms with Gasteiger partial charge in [-0.2, -0.15) is 4.98 Å². The first-order valence-electron chi connectivity index (χ1n) is 8.87. The van der Waals surface area contributed by atoms with Crippen LogP contribution in [-0.4, -0.2) is 22.1 Å². The average molecular weight is 345 g/mol. The molecule has 2 fully saturated rings. The van der Waals surface area contributed by atoms with E-state index in [1.165, 1.54) is 29.0 Å². The highest BCUT2D eigenvalue weighted by Gasteiger charge is 2.44. The van der Waals surface area contributed by atoms with Crippen LogP contribution in [0, 0.1) is 6.92 Å². The van der Waals surface area contributed by atoms with Crippen LogP contribution in [0.15, 0.2) is 16.7 Å². The van der Waals surface area contributed by atoms with Gasteiger partial charge in [-0.3, -0.25) is 4.79 Å². The summed E-state index contributed by atoms with van der Waals surface area (Å²) in [6, 6.07) is 4.68. The zero-order chi connectivity index (χ0) is 16.5. The Balaban J connectivity index is 1.31. The van der Waals surface area contributed by atoms with Gasteiger partial charge in [0.05, 0.1) is 6.42 Å². The topological polar surface area (TPSA) is 68.0 Å². The van der Waals surface area contributed by atoms with E-state index in [0.29, 0.717) is 29.6 Å². The Morgan fingerprint density at radius 3 is 2.88 bits per heavy atom. The van der Waals surface area contributed by atoms with Crippen LogP contribution in [0.5, 0.6) is 0 Å². The van der Waals surface area contributed by atoms with Gasteiger partial charge in [0.15, 0.2) is 5.82 Å². The van der Waals surface area contributed by atoms with E-state index in [2.05, 4.69) is 34.5 Å². The van der Waals surface area contributed by atoms with E-state index < -0.39 is 0 Å². The minimum absolute atomic E-state index is 0.00970. The highest BCUT2D eigenvalue weighted by Crippen LogP contribution is 2.55. The van der Waals surface area contributed by atoms with E-state index in [1.807, 2.05) is 11.3 Å². The van der Waals surface area contributed by atoms with Crippen molar-refractivity contribution in [1.29, 1.82) is 0 Å². The highest BCUT2D eigenvalue weighted by atomic mass is 32.1. The Bertz CT molecular complexity index is 717. The molecular weight excluding hydrogens is 322 g/mol. The molecule has 1 amide bonds. The normalized spacial score (nSPS) is 24.0. The van der Waals surface area contributed by atoms with Crippen LogP contribution in [0.4, 0.5) is 0 Å². The minimum Gasteiger partial charge on any atom is -0.353 e. The second kappa shape index (κ2) is 6.67. The maximum atomic E-state index is 12.1. The number of hydrogen-bond acceptors (Lipinski definition) is 5. The van der Waals surface area contributed by atoms with Crippen LogP contribution in [0.3, 0.4) is 0 Å². The molecule has 128 valence electrons. The first-order valence-corrected chi connectivity index (χ1v) is 9.69. The highest BCUT2D eigenvalue weighted by molar-refractivity contribution is 7.12. The fraction of sp³-hybridized carbons (Fsp3) is 0.611. The van der Waals surface area contributed by atoms with Gasteiger partial charge < -0.3 is 9.84 Å². The fourth-order valence-corrected chi connectivity index (χ4v) is 4.65. The summed E-state index contributed by atoms with van der Waals surface area (Å²) in [7, 11) is 0. The Hall–Kier alpha value is -1.69. The number of nitrogens with zero attached hydrogens (tertiary/aromatic N) is 2. The molecular formula is C18H23N3O2S. The first-order chi connectivity index (χ1) is 11.7. The summed E-state index contributed by atoms with van der Waals surface area (Å²) < 4.78 is 5.40. The van der Waals surface area contributed by atoms with Gasteiger partial charge >= 0.3 is 0 Å². The number of carbonyl (C=O) groups is 1. The predicted octanol–water partition coefficient (Wildman–Crippen LogP) is 3.70. The lowest BCUT2D eigenvalue weighted by molar-refractivity contribution is -0.121. The van der Waals surface area contributed by atoms with Gasteiger partial charge in [0.2, 0.25) is 11.8 Å². The molecule has 2 aromatic heterocycles. The smallest absolute Gasteiger partial charge is 0.230 e. The molecule has 0 saturated heterocycles. The molecule has 2 saturated carbocycles. The fourth-order valence-electron chi connectivity index (χ4n) is 3.59. The van der Waals surface area contributed by atoms with Crippen LogP contribution in [0.25, 0.3) is 0 Å². The summed E-state index contributed by atoms with van der Waals surface area (Å²) in [6.07, 6.45) is 7.17. The molecule has 24 heavy (non-hydrogen) atoms. The van der Waals surface area contributed by atoms with Gasteiger partial charge in [-0.25, -0.2) is 0 Å². The van der Waals surface area contributed by atoms with Crippen molar-refractivity contribution in [2.24, 2.45) is 0 Å². The van der Waals surface area contributed by atoms with Gasteiger partial charge in [0.25, 0.3) is 0 Å². The van der Waals surface area contributed by atoms with E-state index in [1.54, 1.807) is 0 Å². The second-order valence-electron chi connectivity index (χ2n) is 7.03. The van der Waals surface area contributed by atoms with Crippen molar-refractivity contribution in [2.75, 3.05) is 0 Å². The Morgan fingerprint density at radius 1 is 1.29 bits per heavy atom. The Labute approximate surface area is 145 Å². The average Bonchev–Trinajstić information content (AvgIpc) is 3.03. The molecule has 6 heteroatoms. The summed E-state index contributed by atoms with van der Waals surface area (Å²) in [5, 5.41) is 7.10. The van der Waals surface area contributed by atoms with Crippen molar-refractivity contribution in [3.05, 3.63) is 33.6 Å². The van der Waals surface area contributed by atoms with Crippen molar-refractivity contribution in [1.82, 2.24) is 15.5 Å². The molecule has 0 aliphatic heterocycles. The molecule has 2 aromatic rings. The van der Waals surface area contributed by atoms with E-state index in [4.69, 9.17) is 4.52 Å². The Kier molecular flexibility index (Phi) is 4.39. The van der Waals surface area contributed by atoms with Crippen molar-refractivity contribution < 1.29 is 9.32 Å². The van der Waals surface area contributed by atoms with Gasteiger partial charge in [0.1, 0.15) is 0 Å². The van der Waals surface area contributed by atoms with Gasteiger partial charge in [-0.15, -0.1) is 11.3 Å². The van der Waals surface area contributed by atoms with Crippen LogP contribution < -0.4 is 5.32 Å². The molecule has 1 N–H and O–H groups in total. The molecule has 0 bridgehead atoms. The van der Waals surface area contributed by atoms with Crippen LogP contribution in [-0.2, 0) is 11.2 Å². The molecule has 0 radical (unpaired) electrons. The summed E-state index contributed by atoms with van der Waals surface area (Å²) in [5.74, 6) is 2.03. The summed E-state index contributed by atoms with van der Waals surface area (Å²) in [4.78, 5) is 19.3. The molecule has 4 rings (SSSR count). The lowest BCUT2D eigenvalue weighted by atomic mass is 9.95. The molecule has 2 unspecified atom stereocenters. The van der Waals surface area contributed by atoms with E-state index >= 15 is 0 Å². The first kappa shape index (κ1) is 15.8. The lowest BCUT2D eigenvalue weighted by Crippen LogP contribution is -2.37. The number of aromatic nitrogens is 2. The Morgan fingerprint density at radius 2 is 2.12 bits per heavy atom. The number of rotatable bonds is 5. The van der Waals surface area contributed by atoms with Crippen LogP contribution in [0.2, 0.25) is 0 Å². The zero-order valence-corrected chi connectivity index (χ0v) is 14.8. The quantitative estimate of drug-likeness (QED) is 0.897. The van der Waals surface area contributed by atoms with E-state index in [0.717, 1.165) is 19.3 Å². The van der Waals surface area contributed by atoms with Gasteiger partial charge in [-0.05, 0) is 38.3 Å². The third kappa shape index (κ3) is 3.53. The van der Waals surface area contributed by atoms with Crippen molar-refractivity contribution in [2.45, 2.75) is 69.7 Å². The predicted molar refractivity (Wildman–Crippen MR) is 92.2 cm³/mol. The van der Waals surface area contributed by atoms with Crippen LogP contribution in [0.1, 0.15) is 71.8 Å². The molecule has 0 spiro atoms. The van der Waals surface area contributed by atoms with Crippen molar-refractivity contribution in [3.8, 4) is 0 Å².